The zero-order valence-corrected chi connectivity index (χ0v) is 12.8. The van der Waals surface area contributed by atoms with Crippen LogP contribution in [-0.2, 0) is 6.42 Å². The van der Waals surface area contributed by atoms with Crippen molar-refractivity contribution < 1.29 is 22.6 Å². The molecule has 1 fully saturated rings. The second-order valence-electron chi connectivity index (χ2n) is 5.73. The van der Waals surface area contributed by atoms with Crippen LogP contribution in [0.2, 0.25) is 0 Å². The molecule has 0 saturated heterocycles. The van der Waals surface area contributed by atoms with Gasteiger partial charge in [-0.05, 0) is 31.7 Å². The lowest BCUT2D eigenvalue weighted by atomic mass is 9.87. The summed E-state index contributed by atoms with van der Waals surface area (Å²) in [5.41, 5.74) is 7.44. The zero-order chi connectivity index (χ0) is 15.0. The van der Waals surface area contributed by atoms with Crippen molar-refractivity contribution in [2.75, 3.05) is 12.3 Å². The molecule has 22 heavy (non-hydrogen) atoms. The molecule has 2 N–H and O–H groups in total. The predicted octanol–water partition coefficient (Wildman–Crippen LogP) is 4.13. The van der Waals surface area contributed by atoms with Crippen LogP contribution in [0.1, 0.15) is 31.2 Å². The molecule has 1 heterocycles. The van der Waals surface area contributed by atoms with Crippen molar-refractivity contribution in [3.05, 3.63) is 17.7 Å². The van der Waals surface area contributed by atoms with Gasteiger partial charge in [-0.25, -0.2) is 0 Å². The molecule has 2 aliphatic rings. The van der Waals surface area contributed by atoms with Gasteiger partial charge in [-0.2, -0.15) is 13.2 Å². The third-order valence-electron chi connectivity index (χ3n) is 4.23. The van der Waals surface area contributed by atoms with E-state index in [4.69, 9.17) is 15.2 Å². The number of hydrogen-bond donors (Lipinski definition) is 1. The highest BCUT2D eigenvalue weighted by Gasteiger charge is 2.41. The molecule has 7 heteroatoms. The first-order valence-corrected chi connectivity index (χ1v) is 7.22. The molecular weight excluding hydrogens is 319 g/mol. The maximum Gasteiger partial charge on any atom is 0.391 e. The average Bonchev–Trinajstić information content (AvgIpc) is 2.87. The highest BCUT2D eigenvalue weighted by molar-refractivity contribution is 5.85. The van der Waals surface area contributed by atoms with Crippen LogP contribution in [0.4, 0.5) is 18.9 Å². The molecular formula is C15H19ClF3NO2. The van der Waals surface area contributed by atoms with Gasteiger partial charge in [-0.3, -0.25) is 0 Å². The van der Waals surface area contributed by atoms with Gasteiger partial charge in [0.2, 0.25) is 0 Å². The van der Waals surface area contributed by atoms with E-state index >= 15 is 0 Å². The molecule has 0 bridgehead atoms. The Balaban J connectivity index is 0.00000176. The summed E-state index contributed by atoms with van der Waals surface area (Å²) in [5, 5.41) is 0. The first-order valence-electron chi connectivity index (χ1n) is 7.22. The van der Waals surface area contributed by atoms with Gasteiger partial charge in [0.05, 0.1) is 24.3 Å². The van der Waals surface area contributed by atoms with Gasteiger partial charge in [0, 0.05) is 18.1 Å². The van der Waals surface area contributed by atoms with Gasteiger partial charge in [0.1, 0.15) is 11.5 Å². The van der Waals surface area contributed by atoms with Crippen molar-refractivity contribution in [2.45, 2.75) is 44.4 Å². The van der Waals surface area contributed by atoms with Gasteiger partial charge in [-0.1, -0.05) is 0 Å². The van der Waals surface area contributed by atoms with E-state index in [-0.39, 0.29) is 31.4 Å². The van der Waals surface area contributed by atoms with Gasteiger partial charge < -0.3 is 15.2 Å². The maximum absolute atomic E-state index is 12.6. The minimum atomic E-state index is -4.08. The number of nitrogen functional groups attached to an aromatic ring is 1. The molecule has 0 aromatic heterocycles. The predicted molar refractivity (Wildman–Crippen MR) is 79.7 cm³/mol. The fraction of sp³-hybridized carbons (Fsp3) is 0.600. The molecule has 0 spiro atoms. The normalized spacial score (nSPS) is 24.1. The molecule has 1 aromatic carbocycles. The minimum absolute atomic E-state index is 0. The Hall–Kier alpha value is -1.30. The standard InChI is InChI=1S/C15H18F3NO2.ClH/c16-15(17,18)10-1-3-11(4-2-10)21-12-7-9-5-6-20-14(9)13(19)8-12;/h7-8,10-11H,1-6,19H2;1H/t10-,11+;. The second-order valence-corrected chi connectivity index (χ2v) is 5.73. The molecule has 0 unspecified atom stereocenters. The third kappa shape index (κ3) is 3.54. The quantitative estimate of drug-likeness (QED) is 0.825. The number of fused-ring (bicyclic) bond motifs is 1. The monoisotopic (exact) mass is 337 g/mol. The lowest BCUT2D eigenvalue weighted by molar-refractivity contribution is -0.185. The largest absolute Gasteiger partial charge is 0.491 e. The average molecular weight is 338 g/mol. The zero-order valence-electron chi connectivity index (χ0n) is 12.0. The first-order chi connectivity index (χ1) is 9.93. The molecule has 1 saturated carbocycles. The van der Waals surface area contributed by atoms with Crippen molar-refractivity contribution >= 4 is 18.1 Å². The number of benzene rings is 1. The van der Waals surface area contributed by atoms with E-state index in [2.05, 4.69) is 0 Å². The Morgan fingerprint density at radius 3 is 2.45 bits per heavy atom. The van der Waals surface area contributed by atoms with Crippen LogP contribution in [0.15, 0.2) is 12.1 Å². The Labute approximate surface area is 133 Å². The molecule has 1 aliphatic carbocycles. The molecule has 3 rings (SSSR count). The maximum atomic E-state index is 12.6. The molecule has 0 atom stereocenters. The topological polar surface area (TPSA) is 44.5 Å². The molecule has 3 nitrogen and oxygen atoms in total. The fourth-order valence-corrected chi connectivity index (χ4v) is 3.08. The lowest BCUT2D eigenvalue weighted by Crippen LogP contribution is -2.31. The Kier molecular flexibility index (Phi) is 5.00. The summed E-state index contributed by atoms with van der Waals surface area (Å²) < 4.78 is 49.1. The molecule has 124 valence electrons. The van der Waals surface area contributed by atoms with Crippen molar-refractivity contribution in [2.24, 2.45) is 5.92 Å². The van der Waals surface area contributed by atoms with Crippen LogP contribution in [-0.4, -0.2) is 18.9 Å². The van der Waals surface area contributed by atoms with Crippen molar-refractivity contribution in [1.29, 1.82) is 0 Å². The number of nitrogens with two attached hydrogens (primary N) is 1. The SMILES string of the molecule is Cl.Nc1cc(O[C@H]2CC[C@@H](C(F)(F)F)CC2)cc2c1OCC2. The van der Waals surface area contributed by atoms with Crippen LogP contribution in [0, 0.1) is 5.92 Å². The number of halogens is 4. The highest BCUT2D eigenvalue weighted by Crippen LogP contribution is 2.40. The van der Waals surface area contributed by atoms with E-state index in [1.807, 2.05) is 6.07 Å². The van der Waals surface area contributed by atoms with Crippen LogP contribution in [0.25, 0.3) is 0 Å². The van der Waals surface area contributed by atoms with Crippen molar-refractivity contribution in [1.82, 2.24) is 0 Å². The second kappa shape index (κ2) is 6.44. The van der Waals surface area contributed by atoms with Gasteiger partial charge >= 0.3 is 6.18 Å². The summed E-state index contributed by atoms with van der Waals surface area (Å²) in [6, 6.07) is 3.58. The van der Waals surface area contributed by atoms with Gasteiger partial charge in [-0.15, -0.1) is 12.4 Å². The smallest absolute Gasteiger partial charge is 0.391 e. The third-order valence-corrected chi connectivity index (χ3v) is 4.23. The fourth-order valence-electron chi connectivity index (χ4n) is 3.08. The number of ether oxygens (including phenoxy) is 2. The first kappa shape index (κ1) is 17.1. The molecule has 1 aliphatic heterocycles. The van der Waals surface area contributed by atoms with Gasteiger partial charge in [0.15, 0.2) is 0 Å². The highest BCUT2D eigenvalue weighted by atomic mass is 35.5. The summed E-state index contributed by atoms with van der Waals surface area (Å²) in [6.07, 6.45) is -2.33. The Bertz CT molecular complexity index is 528. The van der Waals surface area contributed by atoms with Crippen molar-refractivity contribution in [3.8, 4) is 11.5 Å². The molecule has 1 aromatic rings. The van der Waals surface area contributed by atoms with Crippen LogP contribution >= 0.6 is 12.4 Å². The number of alkyl halides is 3. The summed E-state index contributed by atoms with van der Waals surface area (Å²) in [6.45, 7) is 0.611. The summed E-state index contributed by atoms with van der Waals surface area (Å²) in [7, 11) is 0. The van der Waals surface area contributed by atoms with E-state index in [0.29, 0.717) is 36.6 Å². The molecule has 0 radical (unpaired) electrons. The van der Waals surface area contributed by atoms with E-state index in [1.54, 1.807) is 6.07 Å². The van der Waals surface area contributed by atoms with Gasteiger partial charge in [0.25, 0.3) is 0 Å². The van der Waals surface area contributed by atoms with Crippen LogP contribution in [0.5, 0.6) is 11.5 Å². The van der Waals surface area contributed by atoms with Crippen molar-refractivity contribution in [3.63, 3.8) is 0 Å². The van der Waals surface area contributed by atoms with E-state index < -0.39 is 12.1 Å². The minimum Gasteiger partial charge on any atom is -0.491 e. The van der Waals surface area contributed by atoms with E-state index in [1.165, 1.54) is 0 Å². The summed E-state index contributed by atoms with van der Waals surface area (Å²) in [5.74, 6) is 0.158. The Morgan fingerprint density at radius 2 is 1.82 bits per heavy atom. The Morgan fingerprint density at radius 1 is 1.14 bits per heavy atom. The number of anilines is 1. The number of hydrogen-bond acceptors (Lipinski definition) is 3. The number of rotatable bonds is 2. The summed E-state index contributed by atoms with van der Waals surface area (Å²) >= 11 is 0. The van der Waals surface area contributed by atoms with Crippen LogP contribution in [0.3, 0.4) is 0 Å². The van der Waals surface area contributed by atoms with Crippen LogP contribution < -0.4 is 15.2 Å². The molecule has 0 amide bonds. The van der Waals surface area contributed by atoms with E-state index in [9.17, 15) is 13.2 Å². The van der Waals surface area contributed by atoms with E-state index in [0.717, 1.165) is 12.0 Å². The summed E-state index contributed by atoms with van der Waals surface area (Å²) in [4.78, 5) is 0. The lowest BCUT2D eigenvalue weighted by Gasteiger charge is -2.30.